The van der Waals surface area contributed by atoms with Crippen LogP contribution >= 0.6 is 11.8 Å². The molecule has 3 N–H and O–H groups in total. The number of hydrogen-bond acceptors (Lipinski definition) is 7. The normalized spacial score (nSPS) is 10.5. The summed E-state index contributed by atoms with van der Waals surface area (Å²) in [7, 11) is 1.66. The molecule has 7 heteroatoms. The molecule has 26 heavy (non-hydrogen) atoms. The predicted molar refractivity (Wildman–Crippen MR) is 106 cm³/mol. The van der Waals surface area contributed by atoms with Gasteiger partial charge < -0.3 is 15.8 Å². The predicted octanol–water partition coefficient (Wildman–Crippen LogP) is 4.06. The molecule has 0 unspecified atom stereocenters. The molecule has 3 rings (SSSR count). The Balaban J connectivity index is 1.75. The highest BCUT2D eigenvalue weighted by molar-refractivity contribution is 7.98. The number of nitrogens with zero attached hydrogens (tertiary/aromatic N) is 3. The zero-order chi connectivity index (χ0) is 18.4. The molecule has 2 aromatic carbocycles. The number of nitrogens with one attached hydrogen (secondary N) is 1. The van der Waals surface area contributed by atoms with Crippen molar-refractivity contribution >= 4 is 29.3 Å². The zero-order valence-electron chi connectivity index (χ0n) is 14.8. The molecule has 1 aromatic heterocycles. The molecular weight excluding hydrogens is 346 g/mol. The van der Waals surface area contributed by atoms with Gasteiger partial charge in [0.2, 0.25) is 11.9 Å². The molecule has 0 saturated heterocycles. The van der Waals surface area contributed by atoms with Crippen LogP contribution < -0.4 is 15.8 Å². The van der Waals surface area contributed by atoms with Gasteiger partial charge in [-0.3, -0.25) is 0 Å². The van der Waals surface area contributed by atoms with Crippen molar-refractivity contribution in [1.29, 1.82) is 0 Å². The van der Waals surface area contributed by atoms with E-state index in [1.165, 1.54) is 5.56 Å². The highest BCUT2D eigenvalue weighted by Gasteiger charge is 2.08. The smallest absolute Gasteiger partial charge is 0.232 e. The van der Waals surface area contributed by atoms with E-state index in [1.807, 2.05) is 42.5 Å². The van der Waals surface area contributed by atoms with Crippen molar-refractivity contribution in [1.82, 2.24) is 15.0 Å². The molecule has 1 heterocycles. The van der Waals surface area contributed by atoms with Gasteiger partial charge in [-0.25, -0.2) is 0 Å². The van der Waals surface area contributed by atoms with Gasteiger partial charge in [0.1, 0.15) is 11.6 Å². The Bertz CT molecular complexity index is 887. The third kappa shape index (κ3) is 4.64. The summed E-state index contributed by atoms with van der Waals surface area (Å²) in [6.45, 7) is 2.11. The number of anilines is 3. The van der Waals surface area contributed by atoms with Crippen molar-refractivity contribution in [2.24, 2.45) is 0 Å². The van der Waals surface area contributed by atoms with Crippen molar-refractivity contribution in [3.63, 3.8) is 0 Å². The van der Waals surface area contributed by atoms with Crippen LogP contribution in [0.4, 0.5) is 17.6 Å². The monoisotopic (exact) mass is 367 g/mol. The largest absolute Gasteiger partial charge is 0.497 e. The van der Waals surface area contributed by atoms with Gasteiger partial charge in [0, 0.05) is 10.6 Å². The third-order valence-electron chi connectivity index (χ3n) is 3.75. The zero-order valence-corrected chi connectivity index (χ0v) is 15.6. The molecule has 0 amide bonds. The lowest BCUT2D eigenvalue weighted by molar-refractivity contribution is 0.413. The van der Waals surface area contributed by atoms with Gasteiger partial charge in [-0.05, 0) is 36.2 Å². The molecule has 6 nitrogen and oxygen atoms in total. The second-order valence-electron chi connectivity index (χ2n) is 5.54. The minimum absolute atomic E-state index is 0.206. The molecule has 0 spiro atoms. The van der Waals surface area contributed by atoms with Crippen LogP contribution in [0, 0.1) is 0 Å². The summed E-state index contributed by atoms with van der Waals surface area (Å²) >= 11 is 1.62. The van der Waals surface area contributed by atoms with Crippen LogP contribution in [0.1, 0.15) is 18.3 Å². The lowest BCUT2D eigenvalue weighted by Gasteiger charge is -2.10. The molecular formula is C19H21N5OS. The van der Waals surface area contributed by atoms with E-state index in [0.717, 1.165) is 22.8 Å². The van der Waals surface area contributed by atoms with E-state index in [-0.39, 0.29) is 5.95 Å². The maximum absolute atomic E-state index is 5.87. The second-order valence-corrected chi connectivity index (χ2v) is 6.59. The van der Waals surface area contributed by atoms with Gasteiger partial charge in [-0.1, -0.05) is 31.2 Å². The van der Waals surface area contributed by atoms with E-state index in [0.29, 0.717) is 17.5 Å². The fraction of sp³-hybridized carbons (Fsp3) is 0.211. The fourth-order valence-corrected chi connectivity index (χ4v) is 3.27. The Morgan fingerprint density at radius 3 is 2.73 bits per heavy atom. The van der Waals surface area contributed by atoms with Crippen molar-refractivity contribution in [2.45, 2.75) is 24.0 Å². The molecule has 0 bridgehead atoms. The SMILES string of the molecule is CCc1ccccc1Nc1nc(N)nc(CSc2cccc(OC)c2)n1. The number of hydrogen-bond donors (Lipinski definition) is 2. The van der Waals surface area contributed by atoms with Crippen LogP contribution in [0.2, 0.25) is 0 Å². The molecule has 0 aliphatic heterocycles. The first-order chi connectivity index (χ1) is 12.7. The number of aryl methyl sites for hydroxylation is 1. The van der Waals surface area contributed by atoms with E-state index in [9.17, 15) is 0 Å². The number of methoxy groups -OCH3 is 1. The van der Waals surface area contributed by atoms with Gasteiger partial charge in [0.25, 0.3) is 0 Å². The lowest BCUT2D eigenvalue weighted by atomic mass is 10.1. The van der Waals surface area contributed by atoms with Gasteiger partial charge in [-0.15, -0.1) is 11.8 Å². The first-order valence-electron chi connectivity index (χ1n) is 8.30. The molecule has 3 aromatic rings. The number of ether oxygens (including phenoxy) is 1. The number of para-hydroxylation sites is 1. The summed E-state index contributed by atoms with van der Waals surface area (Å²) < 4.78 is 5.25. The average molecular weight is 367 g/mol. The maximum atomic E-state index is 5.87. The Morgan fingerprint density at radius 1 is 1.08 bits per heavy atom. The van der Waals surface area contributed by atoms with Crippen molar-refractivity contribution in [3.8, 4) is 5.75 Å². The molecule has 0 fully saturated rings. The van der Waals surface area contributed by atoms with Crippen LogP contribution in [-0.2, 0) is 12.2 Å². The summed E-state index contributed by atoms with van der Waals surface area (Å²) in [6, 6.07) is 15.9. The summed E-state index contributed by atoms with van der Waals surface area (Å²) in [6.07, 6.45) is 0.919. The van der Waals surface area contributed by atoms with E-state index < -0.39 is 0 Å². The molecule has 0 aliphatic rings. The quantitative estimate of drug-likeness (QED) is 0.609. The fourth-order valence-electron chi connectivity index (χ4n) is 2.47. The number of aromatic nitrogens is 3. The minimum atomic E-state index is 0.206. The minimum Gasteiger partial charge on any atom is -0.497 e. The molecule has 0 aliphatic carbocycles. The van der Waals surface area contributed by atoms with Crippen molar-refractivity contribution < 1.29 is 4.74 Å². The van der Waals surface area contributed by atoms with Gasteiger partial charge >= 0.3 is 0 Å². The van der Waals surface area contributed by atoms with E-state index in [4.69, 9.17) is 10.5 Å². The molecule has 0 atom stereocenters. The summed E-state index contributed by atoms with van der Waals surface area (Å²) in [5.41, 5.74) is 8.04. The van der Waals surface area contributed by atoms with Gasteiger partial charge in [0.15, 0.2) is 0 Å². The summed E-state index contributed by atoms with van der Waals surface area (Å²) in [4.78, 5) is 14.0. The standard InChI is InChI=1S/C19H21N5OS/c1-3-13-7-4-5-10-16(13)21-19-23-17(22-18(20)24-19)12-26-15-9-6-8-14(11-15)25-2/h4-11H,3,12H2,1-2H3,(H3,20,21,22,23,24). The highest BCUT2D eigenvalue weighted by atomic mass is 32.2. The van der Waals surface area contributed by atoms with Crippen LogP contribution in [0.25, 0.3) is 0 Å². The van der Waals surface area contributed by atoms with E-state index >= 15 is 0 Å². The van der Waals surface area contributed by atoms with Crippen LogP contribution in [0.15, 0.2) is 53.4 Å². The average Bonchev–Trinajstić information content (AvgIpc) is 2.66. The maximum Gasteiger partial charge on any atom is 0.232 e. The Kier molecular flexibility index (Phi) is 5.91. The Hall–Kier alpha value is -2.80. The van der Waals surface area contributed by atoms with Gasteiger partial charge in [0.05, 0.1) is 12.9 Å². The van der Waals surface area contributed by atoms with Gasteiger partial charge in [-0.2, -0.15) is 15.0 Å². The number of benzene rings is 2. The Morgan fingerprint density at radius 2 is 1.92 bits per heavy atom. The first-order valence-corrected chi connectivity index (χ1v) is 9.28. The lowest BCUT2D eigenvalue weighted by Crippen LogP contribution is -2.07. The molecule has 134 valence electrons. The van der Waals surface area contributed by atoms with Crippen LogP contribution in [0.3, 0.4) is 0 Å². The topological polar surface area (TPSA) is 86.0 Å². The first kappa shape index (κ1) is 18.0. The van der Waals surface area contributed by atoms with Crippen molar-refractivity contribution in [3.05, 3.63) is 59.9 Å². The van der Waals surface area contributed by atoms with Crippen LogP contribution in [-0.4, -0.2) is 22.1 Å². The van der Waals surface area contributed by atoms with E-state index in [2.05, 4.69) is 33.3 Å². The van der Waals surface area contributed by atoms with Crippen molar-refractivity contribution in [2.75, 3.05) is 18.2 Å². The number of rotatable bonds is 7. The second kappa shape index (κ2) is 8.53. The number of thioether (sulfide) groups is 1. The Labute approximate surface area is 157 Å². The number of nitrogens with two attached hydrogens (primary N) is 1. The molecule has 0 saturated carbocycles. The molecule has 0 radical (unpaired) electrons. The van der Waals surface area contributed by atoms with E-state index in [1.54, 1.807) is 18.9 Å². The summed E-state index contributed by atoms with van der Waals surface area (Å²) in [5.74, 6) is 2.70. The highest BCUT2D eigenvalue weighted by Crippen LogP contribution is 2.26. The number of nitrogen functional groups attached to an aromatic ring is 1. The summed E-state index contributed by atoms with van der Waals surface area (Å²) in [5, 5.41) is 3.25. The van der Waals surface area contributed by atoms with Crippen LogP contribution in [0.5, 0.6) is 5.75 Å². The third-order valence-corrected chi connectivity index (χ3v) is 4.74.